The van der Waals surface area contributed by atoms with E-state index in [4.69, 9.17) is 0 Å². The molecule has 2 aromatic carbocycles. The highest BCUT2D eigenvalue weighted by Gasteiger charge is 2.56. The van der Waals surface area contributed by atoms with Crippen LogP contribution in [0.4, 0.5) is 4.79 Å². The third-order valence-electron chi connectivity index (χ3n) is 4.06. The largest absolute Gasteiger partial charge is 0.446 e. The summed E-state index contributed by atoms with van der Waals surface area (Å²) in [6.45, 7) is -0.452. The van der Waals surface area contributed by atoms with Crippen molar-refractivity contribution in [3.05, 3.63) is 71.8 Å². The number of imide groups is 2. The second-order valence-electron chi connectivity index (χ2n) is 5.37. The van der Waals surface area contributed by atoms with Gasteiger partial charge in [0.25, 0.3) is 18.3 Å². The van der Waals surface area contributed by atoms with Gasteiger partial charge in [-0.3, -0.25) is 19.7 Å². The highest BCUT2D eigenvalue weighted by atomic mass is 16.5. The van der Waals surface area contributed by atoms with E-state index in [1.807, 2.05) is 0 Å². The molecule has 1 fully saturated rings. The smallest absolute Gasteiger partial charge is 0.333 e. The van der Waals surface area contributed by atoms with Crippen LogP contribution in [0.2, 0.25) is 0 Å². The predicted molar refractivity (Wildman–Crippen MR) is 86.1 cm³/mol. The standard InChI is InChI=1S/C18H14N2O5/c21-12-25-11-20-16(23)18(15(22)19-17(20)24,13-7-3-1-4-8-13)14-9-5-2-6-10-14/h1-10,12H,11H2,(H,19,22,24). The third kappa shape index (κ3) is 2.55. The third-order valence-corrected chi connectivity index (χ3v) is 4.06. The van der Waals surface area contributed by atoms with E-state index in [1.165, 1.54) is 0 Å². The van der Waals surface area contributed by atoms with Crippen molar-refractivity contribution in [3.8, 4) is 0 Å². The lowest BCUT2D eigenvalue weighted by molar-refractivity contribution is -0.148. The van der Waals surface area contributed by atoms with Gasteiger partial charge >= 0.3 is 6.03 Å². The van der Waals surface area contributed by atoms with E-state index in [0.717, 1.165) is 0 Å². The van der Waals surface area contributed by atoms with Gasteiger partial charge in [-0.1, -0.05) is 60.7 Å². The van der Waals surface area contributed by atoms with Crippen LogP contribution in [0.3, 0.4) is 0 Å². The van der Waals surface area contributed by atoms with E-state index in [9.17, 15) is 19.2 Å². The summed E-state index contributed by atoms with van der Waals surface area (Å²) in [6, 6.07) is 15.9. The maximum atomic E-state index is 13.2. The van der Waals surface area contributed by atoms with Crippen LogP contribution in [-0.2, 0) is 24.5 Å². The summed E-state index contributed by atoms with van der Waals surface area (Å²) in [5, 5.41) is 2.19. The highest BCUT2D eigenvalue weighted by molar-refractivity contribution is 6.25. The fourth-order valence-corrected chi connectivity index (χ4v) is 2.92. The minimum absolute atomic E-state index is 0.129. The van der Waals surface area contributed by atoms with Crippen molar-refractivity contribution in [1.82, 2.24) is 10.2 Å². The first-order chi connectivity index (χ1) is 12.1. The molecule has 1 N–H and O–H groups in total. The minimum Gasteiger partial charge on any atom is -0.446 e. The van der Waals surface area contributed by atoms with Gasteiger partial charge < -0.3 is 4.74 Å². The number of ether oxygens (including phenoxy) is 1. The molecule has 0 bridgehead atoms. The summed E-state index contributed by atoms with van der Waals surface area (Å²) in [4.78, 5) is 49.3. The van der Waals surface area contributed by atoms with Gasteiger partial charge in [0.1, 0.15) is 0 Å². The van der Waals surface area contributed by atoms with E-state index in [1.54, 1.807) is 60.7 Å². The van der Waals surface area contributed by atoms with E-state index >= 15 is 0 Å². The zero-order valence-corrected chi connectivity index (χ0v) is 13.0. The van der Waals surface area contributed by atoms with Crippen molar-refractivity contribution < 1.29 is 23.9 Å². The Hall–Kier alpha value is -3.48. The van der Waals surface area contributed by atoms with E-state index in [2.05, 4.69) is 10.1 Å². The average Bonchev–Trinajstić information content (AvgIpc) is 2.64. The number of rotatable bonds is 5. The number of benzene rings is 2. The Labute approximate surface area is 143 Å². The van der Waals surface area contributed by atoms with Crippen LogP contribution in [0.25, 0.3) is 0 Å². The summed E-state index contributed by atoms with van der Waals surface area (Å²) in [6.07, 6.45) is 0. The molecule has 0 aromatic heterocycles. The van der Waals surface area contributed by atoms with Gasteiger partial charge in [0.2, 0.25) is 0 Å². The summed E-state index contributed by atoms with van der Waals surface area (Å²) < 4.78 is 4.57. The lowest BCUT2D eigenvalue weighted by Gasteiger charge is -2.39. The van der Waals surface area contributed by atoms with Gasteiger partial charge in [-0.25, -0.2) is 9.69 Å². The molecule has 126 valence electrons. The zero-order chi connectivity index (χ0) is 17.9. The predicted octanol–water partition coefficient (Wildman–Crippen LogP) is 1.18. The zero-order valence-electron chi connectivity index (χ0n) is 13.0. The first-order valence-corrected chi connectivity index (χ1v) is 7.46. The minimum atomic E-state index is -1.75. The molecule has 1 heterocycles. The molecule has 25 heavy (non-hydrogen) atoms. The molecule has 3 rings (SSSR count). The number of urea groups is 1. The number of nitrogens with zero attached hydrogens (tertiary/aromatic N) is 1. The summed E-state index contributed by atoms with van der Waals surface area (Å²) in [5.41, 5.74) is -0.928. The van der Waals surface area contributed by atoms with Crippen LogP contribution in [0.5, 0.6) is 0 Å². The highest BCUT2D eigenvalue weighted by Crippen LogP contribution is 2.37. The Morgan fingerprint density at radius 3 is 1.92 bits per heavy atom. The average molecular weight is 338 g/mol. The van der Waals surface area contributed by atoms with Crippen LogP contribution >= 0.6 is 0 Å². The van der Waals surface area contributed by atoms with Crippen LogP contribution in [0.15, 0.2) is 60.7 Å². The molecule has 0 spiro atoms. The number of barbiturate groups is 1. The molecular formula is C18H14N2O5. The van der Waals surface area contributed by atoms with E-state index in [-0.39, 0.29) is 6.47 Å². The fourth-order valence-electron chi connectivity index (χ4n) is 2.92. The Balaban J connectivity index is 2.22. The summed E-state index contributed by atoms with van der Waals surface area (Å²) in [5.74, 6) is -1.53. The number of amides is 4. The number of carbonyl (C=O) groups is 4. The number of nitrogens with one attached hydrogen (secondary N) is 1. The second kappa shape index (κ2) is 6.56. The lowest BCUT2D eigenvalue weighted by atomic mass is 9.71. The number of hydrogen-bond acceptors (Lipinski definition) is 5. The van der Waals surface area contributed by atoms with Crippen molar-refractivity contribution in [2.45, 2.75) is 5.41 Å². The second-order valence-corrected chi connectivity index (χ2v) is 5.37. The number of carbonyl (C=O) groups excluding carboxylic acids is 4. The van der Waals surface area contributed by atoms with Crippen molar-refractivity contribution in [2.75, 3.05) is 6.73 Å². The molecule has 0 saturated carbocycles. The Morgan fingerprint density at radius 1 is 0.920 bits per heavy atom. The molecule has 4 amide bonds. The van der Waals surface area contributed by atoms with Crippen LogP contribution in [0.1, 0.15) is 11.1 Å². The molecule has 0 atom stereocenters. The summed E-state index contributed by atoms with van der Waals surface area (Å²) >= 11 is 0. The quantitative estimate of drug-likeness (QED) is 0.653. The van der Waals surface area contributed by atoms with Gasteiger partial charge in [0.15, 0.2) is 12.1 Å². The van der Waals surface area contributed by atoms with E-state index in [0.29, 0.717) is 16.0 Å². The Morgan fingerprint density at radius 2 is 1.44 bits per heavy atom. The Kier molecular flexibility index (Phi) is 4.30. The number of hydrogen-bond donors (Lipinski definition) is 1. The topological polar surface area (TPSA) is 92.8 Å². The molecule has 0 unspecified atom stereocenters. The maximum Gasteiger partial charge on any atom is 0.333 e. The fraction of sp³-hybridized carbons (Fsp3) is 0.111. The molecule has 1 aliphatic rings. The Bertz CT molecular complexity index is 780. The monoisotopic (exact) mass is 338 g/mol. The molecule has 1 aliphatic heterocycles. The normalized spacial score (nSPS) is 16.3. The maximum absolute atomic E-state index is 13.2. The van der Waals surface area contributed by atoms with Gasteiger partial charge in [-0.2, -0.15) is 0 Å². The molecule has 1 saturated heterocycles. The van der Waals surface area contributed by atoms with Gasteiger partial charge in [-0.15, -0.1) is 0 Å². The van der Waals surface area contributed by atoms with Crippen LogP contribution < -0.4 is 5.32 Å². The molecule has 0 aliphatic carbocycles. The molecule has 7 nitrogen and oxygen atoms in total. The van der Waals surface area contributed by atoms with Crippen molar-refractivity contribution >= 4 is 24.3 Å². The lowest BCUT2D eigenvalue weighted by Crippen LogP contribution is -2.66. The van der Waals surface area contributed by atoms with Crippen molar-refractivity contribution in [2.24, 2.45) is 0 Å². The van der Waals surface area contributed by atoms with Crippen LogP contribution in [-0.4, -0.2) is 35.9 Å². The van der Waals surface area contributed by atoms with Gasteiger partial charge in [0.05, 0.1) is 0 Å². The van der Waals surface area contributed by atoms with Crippen molar-refractivity contribution in [3.63, 3.8) is 0 Å². The first-order valence-electron chi connectivity index (χ1n) is 7.46. The van der Waals surface area contributed by atoms with Gasteiger partial charge in [0, 0.05) is 0 Å². The summed E-state index contributed by atoms with van der Waals surface area (Å²) in [7, 11) is 0. The molecule has 2 aromatic rings. The van der Waals surface area contributed by atoms with E-state index < -0.39 is 30.0 Å². The molecule has 0 radical (unpaired) electrons. The SMILES string of the molecule is O=COCN1C(=O)NC(=O)C(c2ccccc2)(c2ccccc2)C1=O. The van der Waals surface area contributed by atoms with Crippen LogP contribution in [0, 0.1) is 0 Å². The van der Waals surface area contributed by atoms with Gasteiger partial charge in [-0.05, 0) is 11.1 Å². The first kappa shape index (κ1) is 16.4. The molecule has 7 heteroatoms. The molecular weight excluding hydrogens is 324 g/mol. The van der Waals surface area contributed by atoms with Crippen molar-refractivity contribution in [1.29, 1.82) is 0 Å².